The number of hydrogen-bond donors (Lipinski definition) is 18. The van der Waals surface area contributed by atoms with E-state index in [0.717, 1.165) is 39.0 Å². The number of aliphatic hydroxyl groups is 3. The Balaban J connectivity index is 1.34. The smallest absolute Gasteiger partial charge is 0.327 e. The van der Waals surface area contributed by atoms with Gasteiger partial charge in [-0.2, -0.15) is 0 Å². The van der Waals surface area contributed by atoms with E-state index in [4.69, 9.17) is 11.5 Å². The number of phenols is 1. The Bertz CT molecular complexity index is 4050. The van der Waals surface area contributed by atoms with Crippen LogP contribution in [-0.2, 0) is 91.4 Å². The average Bonchev–Trinajstić information content (AvgIpc) is 1.53. The Labute approximate surface area is 647 Å². The lowest BCUT2D eigenvalue weighted by Crippen LogP contribution is -2.63. The van der Waals surface area contributed by atoms with Gasteiger partial charge >= 0.3 is 5.97 Å². The topological polar surface area (TPSA) is 480 Å². The number of halogens is 1. The Morgan fingerprint density at radius 1 is 0.546 bits per heavy atom. The van der Waals surface area contributed by atoms with E-state index in [2.05, 4.69) is 58.2 Å². The maximum atomic E-state index is 15.9. The molecule has 0 aliphatic carbocycles. The number of nitrogens with one attached hydrogen (secondary N) is 11. The number of aromatic nitrogens is 1. The molecule has 582 valence electrons. The van der Waals surface area contributed by atoms with Crippen molar-refractivity contribution in [2.24, 2.45) is 11.5 Å². The fourth-order valence-electron chi connectivity index (χ4n) is 11.8. The summed E-state index contributed by atoms with van der Waals surface area (Å²) >= 11 is 1.83. The zero-order chi connectivity index (χ0) is 78.7. The summed E-state index contributed by atoms with van der Waals surface area (Å²) in [6.45, 7) is 5.84. The van der Waals surface area contributed by atoms with Gasteiger partial charge in [0.1, 0.15) is 66.2 Å². The number of carbonyl (C=O) groups is 11. The number of fused-ring (bicyclic) bond motifs is 1. The highest BCUT2D eigenvalue weighted by atomic mass is 127. The van der Waals surface area contributed by atoms with Gasteiger partial charge < -0.3 is 100 Å². The molecule has 6 aromatic rings. The first-order valence-electron chi connectivity index (χ1n) is 35.4. The van der Waals surface area contributed by atoms with Gasteiger partial charge in [-0.15, -0.1) is 0 Å². The SMILES string of the molecule is CC(C)NCc1ccc(C[C@H]2C(=O)N[C@@H]([C@@H](C)O)C(=O)N[C@@H](Cc3ccc(O)c(I)c3)C(=O)N[C@@H]([C@@H](C)O)C(=O)N[C@@H](CO)C(=O)N[C@H](C(=O)O)CSSC[C@H](N)C(=O)N[C@@H](CCCCN)C(=O)N[C@@H](Cc3ccccc3)C(=O)N[C@@H](Cc3ccccc3)C(=O)N[C@H](Cc3c[nH]c4ccccc34)C(=O)N2C)cc1. The molecule has 2 heterocycles. The zero-order valence-corrected chi connectivity index (χ0v) is 64.3. The number of nitrogens with zero attached hydrogens (tertiary/aromatic N) is 1. The number of rotatable bonds is 21. The van der Waals surface area contributed by atoms with Crippen molar-refractivity contribution in [3.05, 3.63) is 171 Å². The molecule has 33 heteroatoms. The molecule has 13 atom stereocenters. The average molecular weight is 1640 g/mol. The maximum Gasteiger partial charge on any atom is 0.327 e. The van der Waals surface area contributed by atoms with Crippen LogP contribution in [0.15, 0.2) is 134 Å². The van der Waals surface area contributed by atoms with Crippen LogP contribution < -0.4 is 64.6 Å². The van der Waals surface area contributed by atoms with Crippen molar-refractivity contribution in [2.45, 2.75) is 170 Å². The van der Waals surface area contributed by atoms with Crippen molar-refractivity contribution in [2.75, 3.05) is 31.7 Å². The largest absolute Gasteiger partial charge is 0.507 e. The standard InChI is InChI=1S/C75H97IN14O16S2/c1-41(2)79-36-47-25-23-46(24-26-47)34-61-71(101)89-64(43(4)93)72(102)84-57(33-48-27-28-62(94)51(76)30-48)69(99)88-63(42(3)92)73(103)86-59(38-91)70(100)87-60(75(105)106)40-108-107-39-52(78)65(95)81-54(22-14-15-29-77)66(96)82-55(31-44-16-8-6-9-17-44)67(97)83-56(32-45-18-10-7-11-19-45)68(98)85-58(74(104)90(61)5)35-49-37-80-53-21-13-12-20-50(49)53/h6-13,16-21,23-28,30,37,41-43,52,54-61,63-64,79-80,91-94H,14-15,22,29,31-36,38-40,77-78H2,1-5H3,(H,81,95)(H,82,96)(H,83,97)(H,84,102)(H,85,98)(H,86,103)(H,87,100)(H,88,99)(H,89,101)(H,105,106)/t42-,43-,52+,54+,55+,56+,57+,58-,59+,60+,61+,63+,64+/m1/s1. The van der Waals surface area contributed by atoms with Crippen molar-refractivity contribution in [3.63, 3.8) is 0 Å². The number of H-pyrrole nitrogens is 1. The summed E-state index contributed by atoms with van der Waals surface area (Å²) < 4.78 is 0.321. The van der Waals surface area contributed by atoms with Crippen LogP contribution in [-0.4, -0.2) is 217 Å². The van der Waals surface area contributed by atoms with Gasteiger partial charge in [0.2, 0.25) is 59.1 Å². The molecular weight excluding hydrogens is 1540 g/mol. The number of aliphatic carboxylic acids is 1. The van der Waals surface area contributed by atoms with Crippen LogP contribution in [0.1, 0.15) is 80.3 Å². The Kier molecular flexibility index (Phi) is 33.9. The van der Waals surface area contributed by atoms with Crippen molar-refractivity contribution in [1.29, 1.82) is 0 Å². The number of likely N-dealkylation sites (N-methyl/N-ethyl adjacent to an activating group) is 1. The number of carboxylic acid groups (broad SMARTS) is 1. The zero-order valence-electron chi connectivity index (χ0n) is 60.5. The van der Waals surface area contributed by atoms with Crippen LogP contribution in [0.2, 0.25) is 0 Å². The van der Waals surface area contributed by atoms with Crippen molar-refractivity contribution in [3.8, 4) is 5.75 Å². The van der Waals surface area contributed by atoms with E-state index in [1.807, 2.05) is 60.7 Å². The van der Waals surface area contributed by atoms with Gasteiger partial charge in [-0.25, -0.2) is 4.79 Å². The number of amides is 10. The van der Waals surface area contributed by atoms with Crippen LogP contribution in [0.5, 0.6) is 5.75 Å². The number of carbonyl (C=O) groups excluding carboxylic acids is 10. The van der Waals surface area contributed by atoms with Crippen molar-refractivity contribution < 1.29 is 78.3 Å². The summed E-state index contributed by atoms with van der Waals surface area (Å²) in [5.74, 6) is -12.2. The minimum atomic E-state index is -1.96. The minimum absolute atomic E-state index is 0.0233. The van der Waals surface area contributed by atoms with E-state index >= 15 is 19.2 Å². The summed E-state index contributed by atoms with van der Waals surface area (Å²) in [7, 11) is 3.14. The monoisotopic (exact) mass is 1640 g/mol. The summed E-state index contributed by atoms with van der Waals surface area (Å²) in [5.41, 5.74) is 16.4. The lowest BCUT2D eigenvalue weighted by atomic mass is 9.98. The molecule has 20 N–H and O–H groups in total. The van der Waals surface area contributed by atoms with E-state index in [-0.39, 0.29) is 61.9 Å². The van der Waals surface area contributed by atoms with E-state index in [1.54, 1.807) is 91.1 Å². The molecule has 0 bridgehead atoms. The second kappa shape index (κ2) is 42.5. The molecular formula is C75H97IN14O16S2. The molecule has 7 rings (SSSR count). The molecule has 0 spiro atoms. The molecule has 30 nitrogen and oxygen atoms in total. The second-order valence-electron chi connectivity index (χ2n) is 26.8. The number of para-hydroxylation sites is 1. The third-order valence-electron chi connectivity index (χ3n) is 18.0. The van der Waals surface area contributed by atoms with Gasteiger partial charge in [-0.1, -0.05) is 145 Å². The molecule has 1 aliphatic heterocycles. The van der Waals surface area contributed by atoms with Crippen molar-refractivity contribution >= 4 is 120 Å². The predicted octanol–water partition coefficient (Wildman–Crippen LogP) is 0.369. The summed E-state index contributed by atoms with van der Waals surface area (Å²) in [6, 6.07) is 18.2. The third-order valence-corrected chi connectivity index (χ3v) is 21.3. The molecule has 1 aliphatic rings. The molecule has 0 unspecified atom stereocenters. The van der Waals surface area contributed by atoms with Gasteiger partial charge in [0, 0.05) is 80.3 Å². The lowest BCUT2D eigenvalue weighted by molar-refractivity contribution is -0.143. The van der Waals surface area contributed by atoms with E-state index in [0.29, 0.717) is 61.7 Å². The first-order valence-corrected chi connectivity index (χ1v) is 38.9. The van der Waals surface area contributed by atoms with Crippen LogP contribution >= 0.6 is 44.2 Å². The van der Waals surface area contributed by atoms with Gasteiger partial charge in [0.25, 0.3) is 0 Å². The molecule has 1 fully saturated rings. The van der Waals surface area contributed by atoms with Crippen LogP contribution in [0.3, 0.4) is 0 Å². The van der Waals surface area contributed by atoms with Gasteiger partial charge in [-0.05, 0) is 114 Å². The Morgan fingerprint density at radius 2 is 1.02 bits per heavy atom. The van der Waals surface area contributed by atoms with Crippen LogP contribution in [0.25, 0.3) is 10.9 Å². The number of benzene rings is 5. The fraction of sp³-hybridized carbons (Fsp3) is 0.427. The Morgan fingerprint density at radius 3 is 1.57 bits per heavy atom. The molecule has 5 aromatic carbocycles. The molecule has 0 saturated carbocycles. The number of nitrogens with two attached hydrogens (primary N) is 2. The number of phenolic OH excluding ortho intramolecular Hbond substituents is 1. The number of aliphatic hydroxyl groups excluding tert-OH is 3. The van der Waals surface area contributed by atoms with Crippen LogP contribution in [0.4, 0.5) is 0 Å². The Hall–Kier alpha value is -9.20. The molecule has 1 aromatic heterocycles. The quantitative estimate of drug-likeness (QED) is 0.0263. The number of aromatic amines is 1. The fourth-order valence-corrected chi connectivity index (χ4v) is 14.6. The summed E-state index contributed by atoms with van der Waals surface area (Å²) in [4.78, 5) is 165. The molecule has 108 heavy (non-hydrogen) atoms. The highest BCUT2D eigenvalue weighted by molar-refractivity contribution is 14.1. The highest BCUT2D eigenvalue weighted by Crippen LogP contribution is 2.26. The first kappa shape index (κ1) is 86.0. The lowest BCUT2D eigenvalue weighted by Gasteiger charge is -2.33. The van der Waals surface area contributed by atoms with Gasteiger partial charge in [0.05, 0.1) is 28.4 Å². The number of hydrogen-bond acceptors (Lipinski definition) is 20. The highest BCUT2D eigenvalue weighted by Gasteiger charge is 2.40. The number of unbranched alkanes of at least 4 members (excludes halogenated alkanes) is 1. The normalized spacial score (nSPS) is 23.6. The number of carboxylic acids is 1. The second-order valence-corrected chi connectivity index (χ2v) is 30.5. The molecule has 10 amide bonds. The van der Waals surface area contributed by atoms with Gasteiger partial charge in [0.15, 0.2) is 0 Å². The minimum Gasteiger partial charge on any atom is -0.507 e. The number of aromatic hydroxyl groups is 1. The van der Waals surface area contributed by atoms with E-state index in [9.17, 15) is 59.1 Å². The molecule has 1 saturated heterocycles. The van der Waals surface area contributed by atoms with Gasteiger partial charge in [-0.3, -0.25) is 47.9 Å². The summed E-state index contributed by atoms with van der Waals surface area (Å²) in [6.07, 6.45) is -2.24. The van der Waals surface area contributed by atoms with E-state index < -0.39 is 157 Å². The van der Waals surface area contributed by atoms with Crippen molar-refractivity contribution in [1.82, 2.24) is 63.1 Å². The molecule has 0 radical (unpaired) electrons. The maximum absolute atomic E-state index is 15.9. The summed E-state index contributed by atoms with van der Waals surface area (Å²) in [5, 5.41) is 81.0. The first-order chi connectivity index (χ1) is 51.5. The van der Waals surface area contributed by atoms with E-state index in [1.165, 1.54) is 32.2 Å². The third kappa shape index (κ3) is 26.0. The van der Waals surface area contributed by atoms with Crippen LogP contribution in [0, 0.1) is 3.57 Å². The predicted molar refractivity (Wildman–Crippen MR) is 417 cm³/mol.